The van der Waals surface area contributed by atoms with Gasteiger partial charge in [-0.15, -0.1) is 0 Å². The Labute approximate surface area is 115 Å². The third kappa shape index (κ3) is 2.50. The summed E-state index contributed by atoms with van der Waals surface area (Å²) in [6.45, 7) is 2.94. The number of halogens is 2. The highest BCUT2D eigenvalue weighted by Crippen LogP contribution is 2.21. The number of piperazine rings is 1. The SMILES string of the molecule is CCC1(C)NC(=O)CN(Cc2c(F)cccc2F)C1=O. The molecule has 0 radical (unpaired) electrons. The highest BCUT2D eigenvalue weighted by atomic mass is 19.1. The van der Waals surface area contributed by atoms with Gasteiger partial charge in [-0.05, 0) is 25.5 Å². The average Bonchev–Trinajstić information content (AvgIpc) is 2.39. The van der Waals surface area contributed by atoms with E-state index in [2.05, 4.69) is 5.32 Å². The third-order valence-corrected chi connectivity index (χ3v) is 3.63. The fourth-order valence-electron chi connectivity index (χ4n) is 2.24. The molecule has 0 aliphatic carbocycles. The van der Waals surface area contributed by atoms with Crippen LogP contribution in [0.5, 0.6) is 0 Å². The van der Waals surface area contributed by atoms with E-state index in [0.717, 1.165) is 12.1 Å². The summed E-state index contributed by atoms with van der Waals surface area (Å²) in [5.41, 5.74) is -1.22. The zero-order chi connectivity index (χ0) is 14.9. The van der Waals surface area contributed by atoms with Crippen molar-refractivity contribution < 1.29 is 18.4 Å². The molecule has 0 saturated carbocycles. The second-order valence-electron chi connectivity index (χ2n) is 5.10. The molecule has 1 fully saturated rings. The molecule has 108 valence electrons. The summed E-state index contributed by atoms with van der Waals surface area (Å²) in [5.74, 6) is -2.10. The molecule has 1 aliphatic heterocycles. The summed E-state index contributed by atoms with van der Waals surface area (Å²) >= 11 is 0. The molecular formula is C14H16F2N2O2. The van der Waals surface area contributed by atoms with E-state index in [4.69, 9.17) is 0 Å². The van der Waals surface area contributed by atoms with Crippen molar-refractivity contribution in [2.75, 3.05) is 6.54 Å². The first-order valence-corrected chi connectivity index (χ1v) is 6.40. The molecular weight excluding hydrogens is 266 g/mol. The van der Waals surface area contributed by atoms with Gasteiger partial charge in [0.25, 0.3) is 0 Å². The van der Waals surface area contributed by atoms with Crippen LogP contribution in [-0.2, 0) is 16.1 Å². The van der Waals surface area contributed by atoms with Gasteiger partial charge in [-0.2, -0.15) is 0 Å². The molecule has 1 saturated heterocycles. The molecule has 2 rings (SSSR count). The van der Waals surface area contributed by atoms with Gasteiger partial charge in [0, 0.05) is 5.56 Å². The minimum atomic E-state index is -1.02. The Bertz CT molecular complexity index is 542. The van der Waals surface area contributed by atoms with Crippen LogP contribution in [0, 0.1) is 11.6 Å². The highest BCUT2D eigenvalue weighted by Gasteiger charge is 2.41. The van der Waals surface area contributed by atoms with Gasteiger partial charge < -0.3 is 10.2 Å². The van der Waals surface area contributed by atoms with Gasteiger partial charge in [-0.25, -0.2) is 8.78 Å². The maximum atomic E-state index is 13.6. The molecule has 1 heterocycles. The second-order valence-corrected chi connectivity index (χ2v) is 5.10. The van der Waals surface area contributed by atoms with E-state index in [-0.39, 0.29) is 30.5 Å². The summed E-state index contributed by atoms with van der Waals surface area (Å²) in [6.07, 6.45) is 0.411. The van der Waals surface area contributed by atoms with Crippen LogP contribution in [0.25, 0.3) is 0 Å². The Morgan fingerprint density at radius 1 is 1.30 bits per heavy atom. The Morgan fingerprint density at radius 3 is 2.45 bits per heavy atom. The van der Waals surface area contributed by atoms with Gasteiger partial charge in [-0.3, -0.25) is 9.59 Å². The van der Waals surface area contributed by atoms with Crippen molar-refractivity contribution in [2.24, 2.45) is 0 Å². The van der Waals surface area contributed by atoms with Crippen LogP contribution < -0.4 is 5.32 Å². The van der Waals surface area contributed by atoms with E-state index in [1.54, 1.807) is 13.8 Å². The first-order valence-electron chi connectivity index (χ1n) is 6.40. The van der Waals surface area contributed by atoms with Crippen LogP contribution in [0.3, 0.4) is 0 Å². The van der Waals surface area contributed by atoms with E-state index in [1.807, 2.05) is 0 Å². The van der Waals surface area contributed by atoms with Gasteiger partial charge in [0.2, 0.25) is 11.8 Å². The third-order valence-electron chi connectivity index (χ3n) is 3.63. The maximum Gasteiger partial charge on any atom is 0.248 e. The predicted molar refractivity (Wildman–Crippen MR) is 68.6 cm³/mol. The van der Waals surface area contributed by atoms with Crippen LogP contribution >= 0.6 is 0 Å². The predicted octanol–water partition coefficient (Wildman–Crippen LogP) is 1.59. The number of carbonyl (C=O) groups is 2. The summed E-state index contributed by atoms with van der Waals surface area (Å²) in [4.78, 5) is 25.2. The molecule has 1 atom stereocenters. The van der Waals surface area contributed by atoms with Crippen LogP contribution in [0.1, 0.15) is 25.8 Å². The van der Waals surface area contributed by atoms with Gasteiger partial charge in [0.15, 0.2) is 0 Å². The largest absolute Gasteiger partial charge is 0.340 e. The van der Waals surface area contributed by atoms with Crippen molar-refractivity contribution in [3.63, 3.8) is 0 Å². The van der Waals surface area contributed by atoms with Crippen molar-refractivity contribution in [2.45, 2.75) is 32.4 Å². The summed E-state index contributed by atoms with van der Waals surface area (Å²) in [5, 5.41) is 2.62. The zero-order valence-electron chi connectivity index (χ0n) is 11.4. The molecule has 0 aromatic heterocycles. The van der Waals surface area contributed by atoms with E-state index in [1.165, 1.54) is 11.0 Å². The number of rotatable bonds is 3. The molecule has 4 nitrogen and oxygen atoms in total. The number of hydrogen-bond donors (Lipinski definition) is 1. The zero-order valence-corrected chi connectivity index (χ0v) is 11.4. The molecule has 1 N–H and O–H groups in total. The minimum absolute atomic E-state index is 0.192. The smallest absolute Gasteiger partial charge is 0.248 e. The number of hydrogen-bond acceptors (Lipinski definition) is 2. The van der Waals surface area contributed by atoms with Gasteiger partial charge in [0.1, 0.15) is 17.2 Å². The first kappa shape index (κ1) is 14.4. The lowest BCUT2D eigenvalue weighted by Crippen LogP contribution is -2.64. The summed E-state index contributed by atoms with van der Waals surface area (Å²) in [7, 11) is 0. The van der Waals surface area contributed by atoms with Crippen LogP contribution in [0.2, 0.25) is 0 Å². The maximum absolute atomic E-state index is 13.6. The van der Waals surface area contributed by atoms with Crippen molar-refractivity contribution in [3.05, 3.63) is 35.4 Å². The standard InChI is InChI=1S/C14H16F2N2O2/c1-3-14(2)13(20)18(8-12(19)17-14)7-9-10(15)5-4-6-11(9)16/h4-6H,3,7-8H2,1-2H3,(H,17,19). The Balaban J connectivity index is 2.28. The Morgan fingerprint density at radius 2 is 1.90 bits per heavy atom. The number of amides is 2. The minimum Gasteiger partial charge on any atom is -0.340 e. The second kappa shape index (κ2) is 5.19. The summed E-state index contributed by atoms with van der Waals surface area (Å²) < 4.78 is 27.3. The van der Waals surface area contributed by atoms with Crippen LogP contribution in [-0.4, -0.2) is 28.8 Å². The molecule has 1 aliphatic rings. The highest BCUT2D eigenvalue weighted by molar-refractivity contribution is 5.97. The molecule has 20 heavy (non-hydrogen) atoms. The first-order chi connectivity index (χ1) is 9.37. The topological polar surface area (TPSA) is 49.4 Å². The van der Waals surface area contributed by atoms with Crippen LogP contribution in [0.15, 0.2) is 18.2 Å². The van der Waals surface area contributed by atoms with E-state index >= 15 is 0 Å². The average molecular weight is 282 g/mol. The Hall–Kier alpha value is -1.98. The molecule has 1 aromatic carbocycles. The number of benzene rings is 1. The van der Waals surface area contributed by atoms with Gasteiger partial charge >= 0.3 is 0 Å². The number of nitrogens with zero attached hydrogens (tertiary/aromatic N) is 1. The van der Waals surface area contributed by atoms with Gasteiger partial charge in [-0.1, -0.05) is 13.0 Å². The monoisotopic (exact) mass is 282 g/mol. The molecule has 0 spiro atoms. The van der Waals surface area contributed by atoms with E-state index in [9.17, 15) is 18.4 Å². The molecule has 1 aromatic rings. The number of nitrogens with one attached hydrogen (secondary N) is 1. The van der Waals surface area contributed by atoms with Crippen molar-refractivity contribution in [3.8, 4) is 0 Å². The van der Waals surface area contributed by atoms with Crippen molar-refractivity contribution >= 4 is 11.8 Å². The fraction of sp³-hybridized carbons (Fsp3) is 0.429. The molecule has 2 amide bonds. The molecule has 6 heteroatoms. The van der Waals surface area contributed by atoms with E-state index < -0.39 is 17.2 Å². The van der Waals surface area contributed by atoms with Gasteiger partial charge in [0.05, 0.1) is 13.1 Å². The molecule has 1 unspecified atom stereocenters. The van der Waals surface area contributed by atoms with E-state index in [0.29, 0.717) is 6.42 Å². The lowest BCUT2D eigenvalue weighted by molar-refractivity contribution is -0.150. The van der Waals surface area contributed by atoms with Crippen LogP contribution in [0.4, 0.5) is 8.78 Å². The fourth-order valence-corrected chi connectivity index (χ4v) is 2.24. The Kier molecular flexibility index (Phi) is 3.74. The van der Waals surface area contributed by atoms with Crippen molar-refractivity contribution in [1.82, 2.24) is 10.2 Å². The molecule has 0 bridgehead atoms. The lowest BCUT2D eigenvalue weighted by Gasteiger charge is -2.39. The lowest BCUT2D eigenvalue weighted by atomic mass is 9.94. The summed E-state index contributed by atoms with van der Waals surface area (Å²) in [6, 6.07) is 3.52. The quantitative estimate of drug-likeness (QED) is 0.915. The number of carbonyl (C=O) groups excluding carboxylic acids is 2. The van der Waals surface area contributed by atoms with Crippen molar-refractivity contribution in [1.29, 1.82) is 0 Å². The normalized spacial score (nSPS) is 22.9.